The number of hydrogen-bond donors (Lipinski definition) is 1. The number of nitrogens with one attached hydrogen (secondary N) is 1. The highest BCUT2D eigenvalue weighted by Crippen LogP contribution is 2.31. The van der Waals surface area contributed by atoms with Crippen molar-refractivity contribution in [3.05, 3.63) is 42.7 Å². The highest BCUT2D eigenvalue weighted by molar-refractivity contribution is 7.89. The van der Waals surface area contributed by atoms with E-state index in [2.05, 4.69) is 20.2 Å². The van der Waals surface area contributed by atoms with E-state index in [9.17, 15) is 8.42 Å². The SMILES string of the molecule is CC(C)(C)NS(=O)(=O)c1ccc2oc3cc(-n4cnnn4)ccc3c2c1. The number of fused-ring (bicyclic) bond motifs is 3. The Morgan fingerprint density at radius 3 is 2.54 bits per heavy atom. The summed E-state index contributed by atoms with van der Waals surface area (Å²) in [5.74, 6) is 0. The number of nitrogens with zero attached hydrogens (tertiary/aromatic N) is 4. The zero-order chi connectivity index (χ0) is 18.5. The predicted molar refractivity (Wildman–Crippen MR) is 96.5 cm³/mol. The van der Waals surface area contributed by atoms with Crippen LogP contribution in [-0.4, -0.2) is 34.2 Å². The molecule has 26 heavy (non-hydrogen) atoms. The molecule has 2 aromatic heterocycles. The number of aromatic nitrogens is 4. The molecule has 2 heterocycles. The second-order valence-corrected chi connectivity index (χ2v) is 8.73. The summed E-state index contributed by atoms with van der Waals surface area (Å²) in [6.07, 6.45) is 1.49. The molecule has 0 fully saturated rings. The normalized spacial score (nSPS) is 12.9. The first-order valence-corrected chi connectivity index (χ1v) is 9.45. The summed E-state index contributed by atoms with van der Waals surface area (Å²) in [5, 5.41) is 12.6. The minimum absolute atomic E-state index is 0.201. The van der Waals surface area contributed by atoms with Crippen molar-refractivity contribution in [1.29, 1.82) is 0 Å². The fourth-order valence-electron chi connectivity index (χ4n) is 2.80. The molecule has 1 N–H and O–H groups in total. The minimum Gasteiger partial charge on any atom is -0.456 e. The third kappa shape index (κ3) is 2.95. The van der Waals surface area contributed by atoms with E-state index >= 15 is 0 Å². The van der Waals surface area contributed by atoms with Gasteiger partial charge in [0.1, 0.15) is 17.5 Å². The third-order valence-electron chi connectivity index (χ3n) is 3.79. The lowest BCUT2D eigenvalue weighted by Crippen LogP contribution is -2.40. The van der Waals surface area contributed by atoms with Gasteiger partial charge in [0.05, 0.1) is 10.6 Å². The molecule has 0 amide bonds. The van der Waals surface area contributed by atoms with Crippen molar-refractivity contribution >= 4 is 32.0 Å². The van der Waals surface area contributed by atoms with Crippen LogP contribution in [-0.2, 0) is 10.0 Å². The van der Waals surface area contributed by atoms with Crippen molar-refractivity contribution in [1.82, 2.24) is 24.9 Å². The Balaban J connectivity index is 1.84. The summed E-state index contributed by atoms with van der Waals surface area (Å²) in [7, 11) is -3.62. The second kappa shape index (κ2) is 5.61. The van der Waals surface area contributed by atoms with Crippen molar-refractivity contribution in [2.75, 3.05) is 0 Å². The molecule has 0 saturated carbocycles. The summed E-state index contributed by atoms with van der Waals surface area (Å²) < 4.78 is 35.2. The molecule has 0 saturated heterocycles. The zero-order valence-electron chi connectivity index (χ0n) is 14.5. The first-order chi connectivity index (χ1) is 12.2. The van der Waals surface area contributed by atoms with E-state index in [-0.39, 0.29) is 4.90 Å². The maximum Gasteiger partial charge on any atom is 0.241 e. The van der Waals surface area contributed by atoms with Crippen LogP contribution in [0, 0.1) is 0 Å². The molecule has 0 atom stereocenters. The Bertz CT molecular complexity index is 1200. The quantitative estimate of drug-likeness (QED) is 0.594. The lowest BCUT2D eigenvalue weighted by molar-refractivity contribution is 0.491. The molecule has 0 bridgehead atoms. The highest BCUT2D eigenvalue weighted by atomic mass is 32.2. The van der Waals surface area contributed by atoms with E-state index in [1.807, 2.05) is 18.2 Å². The average molecular weight is 371 g/mol. The monoisotopic (exact) mass is 371 g/mol. The summed E-state index contributed by atoms with van der Waals surface area (Å²) in [6.45, 7) is 5.41. The van der Waals surface area contributed by atoms with Gasteiger partial charge in [-0.25, -0.2) is 17.8 Å². The number of tetrazole rings is 1. The van der Waals surface area contributed by atoms with Crippen molar-refractivity contribution in [2.45, 2.75) is 31.2 Å². The molecule has 2 aromatic carbocycles. The van der Waals surface area contributed by atoms with Crippen LogP contribution < -0.4 is 4.72 Å². The van der Waals surface area contributed by atoms with E-state index in [4.69, 9.17) is 4.42 Å². The average Bonchev–Trinajstić information content (AvgIpc) is 3.19. The first-order valence-electron chi connectivity index (χ1n) is 7.97. The largest absolute Gasteiger partial charge is 0.456 e. The molecule has 4 rings (SSSR count). The van der Waals surface area contributed by atoms with Gasteiger partial charge in [0.15, 0.2) is 0 Å². The van der Waals surface area contributed by atoms with Crippen molar-refractivity contribution in [3.8, 4) is 5.69 Å². The van der Waals surface area contributed by atoms with Gasteiger partial charge in [0.2, 0.25) is 10.0 Å². The number of furan rings is 1. The second-order valence-electron chi connectivity index (χ2n) is 7.05. The van der Waals surface area contributed by atoms with Gasteiger partial charge in [-0.1, -0.05) is 0 Å². The number of hydrogen-bond acceptors (Lipinski definition) is 6. The van der Waals surface area contributed by atoms with Gasteiger partial charge in [-0.15, -0.1) is 5.10 Å². The maximum atomic E-state index is 12.6. The fourth-order valence-corrected chi connectivity index (χ4v) is 4.24. The molecule has 4 aromatic rings. The Hall–Kier alpha value is -2.78. The Kier molecular flexibility index (Phi) is 3.60. The summed E-state index contributed by atoms with van der Waals surface area (Å²) in [4.78, 5) is 0.201. The van der Waals surface area contributed by atoms with Gasteiger partial charge in [-0.2, -0.15) is 0 Å². The lowest BCUT2D eigenvalue weighted by Gasteiger charge is -2.20. The highest BCUT2D eigenvalue weighted by Gasteiger charge is 2.23. The zero-order valence-corrected chi connectivity index (χ0v) is 15.3. The van der Waals surface area contributed by atoms with E-state index in [0.717, 1.165) is 16.5 Å². The summed E-state index contributed by atoms with van der Waals surface area (Å²) in [5.41, 5.74) is 1.44. The smallest absolute Gasteiger partial charge is 0.241 e. The standard InChI is InChI=1S/C17H17N5O3S/c1-17(2,3)19-26(23,24)12-5-7-15-14(9-12)13-6-4-11(8-16(13)25-15)22-10-18-20-21-22/h4-10,19H,1-3H3. The van der Waals surface area contributed by atoms with Gasteiger partial charge >= 0.3 is 0 Å². The van der Waals surface area contributed by atoms with Crippen LogP contribution in [0.1, 0.15) is 20.8 Å². The third-order valence-corrected chi connectivity index (χ3v) is 5.55. The summed E-state index contributed by atoms with van der Waals surface area (Å²) >= 11 is 0. The van der Waals surface area contributed by atoms with Crippen LogP contribution in [0.4, 0.5) is 0 Å². The van der Waals surface area contributed by atoms with E-state index in [0.29, 0.717) is 11.2 Å². The molecule has 8 nitrogen and oxygen atoms in total. The van der Waals surface area contributed by atoms with Crippen LogP contribution in [0.5, 0.6) is 0 Å². The number of benzene rings is 2. The number of rotatable bonds is 3. The van der Waals surface area contributed by atoms with Crippen molar-refractivity contribution in [2.24, 2.45) is 0 Å². The molecule has 9 heteroatoms. The molecule has 0 unspecified atom stereocenters. The molecular formula is C17H17N5O3S. The lowest BCUT2D eigenvalue weighted by atomic mass is 10.1. The van der Waals surface area contributed by atoms with Crippen LogP contribution >= 0.6 is 0 Å². The van der Waals surface area contributed by atoms with Gasteiger partial charge in [0, 0.05) is 22.4 Å². The van der Waals surface area contributed by atoms with E-state index in [1.165, 1.54) is 11.0 Å². The fraction of sp³-hybridized carbons (Fsp3) is 0.235. The molecule has 0 aliphatic rings. The van der Waals surface area contributed by atoms with Crippen molar-refractivity contribution < 1.29 is 12.8 Å². The van der Waals surface area contributed by atoms with Gasteiger partial charge in [-0.05, 0) is 61.5 Å². The minimum atomic E-state index is -3.62. The van der Waals surface area contributed by atoms with E-state index < -0.39 is 15.6 Å². The van der Waals surface area contributed by atoms with Gasteiger partial charge < -0.3 is 4.42 Å². The summed E-state index contributed by atoms with van der Waals surface area (Å²) in [6, 6.07) is 10.4. The van der Waals surface area contributed by atoms with Crippen molar-refractivity contribution in [3.63, 3.8) is 0 Å². The molecule has 0 spiro atoms. The van der Waals surface area contributed by atoms with Crippen LogP contribution in [0.2, 0.25) is 0 Å². The molecule has 0 radical (unpaired) electrons. The predicted octanol–water partition coefficient (Wildman–Crippen LogP) is 2.64. The van der Waals surface area contributed by atoms with Crippen LogP contribution in [0.25, 0.3) is 27.6 Å². The Morgan fingerprint density at radius 2 is 1.85 bits per heavy atom. The van der Waals surface area contributed by atoms with E-state index in [1.54, 1.807) is 39.0 Å². The topological polar surface area (TPSA) is 103 Å². The van der Waals surface area contributed by atoms with Crippen LogP contribution in [0.15, 0.2) is 52.0 Å². The molecular weight excluding hydrogens is 354 g/mol. The Labute approximate surface area is 149 Å². The van der Waals surface area contributed by atoms with Crippen LogP contribution in [0.3, 0.4) is 0 Å². The maximum absolute atomic E-state index is 12.6. The number of sulfonamides is 1. The first kappa shape index (κ1) is 16.7. The molecule has 0 aliphatic carbocycles. The molecule has 0 aliphatic heterocycles. The molecule has 134 valence electrons. The Morgan fingerprint density at radius 1 is 1.04 bits per heavy atom. The van der Waals surface area contributed by atoms with Gasteiger partial charge in [-0.3, -0.25) is 0 Å². The van der Waals surface area contributed by atoms with Gasteiger partial charge in [0.25, 0.3) is 0 Å².